The van der Waals surface area contributed by atoms with E-state index in [1.165, 1.54) is 0 Å². The van der Waals surface area contributed by atoms with Crippen molar-refractivity contribution in [3.8, 4) is 5.75 Å². The van der Waals surface area contributed by atoms with Crippen LogP contribution in [-0.2, 0) is 4.79 Å². The van der Waals surface area contributed by atoms with Crippen LogP contribution in [0.25, 0.3) is 0 Å². The van der Waals surface area contributed by atoms with E-state index < -0.39 is 5.97 Å². The fraction of sp³-hybridized carbons (Fsp3) is 0.188. The molecule has 0 aliphatic carbocycles. The predicted molar refractivity (Wildman–Crippen MR) is 73.5 cm³/mol. The molecule has 2 rings (SSSR count). The highest BCUT2D eigenvalue weighted by atomic mass is 16.5. The van der Waals surface area contributed by atoms with Gasteiger partial charge >= 0.3 is 5.97 Å². The zero-order valence-corrected chi connectivity index (χ0v) is 10.7. The summed E-state index contributed by atoms with van der Waals surface area (Å²) in [6.07, 6.45) is 0.0460. The van der Waals surface area contributed by atoms with Crippen LogP contribution in [0.4, 0.5) is 0 Å². The normalized spacial score (nSPS) is 11.8. The van der Waals surface area contributed by atoms with E-state index in [-0.39, 0.29) is 12.3 Å². The van der Waals surface area contributed by atoms with Gasteiger partial charge < -0.3 is 9.84 Å². The summed E-state index contributed by atoms with van der Waals surface area (Å²) in [6.45, 7) is 0. The third-order valence-electron chi connectivity index (χ3n) is 3.10. The second-order valence-corrected chi connectivity index (χ2v) is 4.30. The van der Waals surface area contributed by atoms with Crippen molar-refractivity contribution in [2.45, 2.75) is 12.3 Å². The van der Waals surface area contributed by atoms with Gasteiger partial charge in [-0.15, -0.1) is 0 Å². The zero-order valence-electron chi connectivity index (χ0n) is 10.7. The molecule has 0 amide bonds. The number of carboxylic acids is 1. The van der Waals surface area contributed by atoms with Crippen LogP contribution in [0, 0.1) is 0 Å². The molecule has 0 radical (unpaired) electrons. The minimum atomic E-state index is -0.820. The molecule has 3 heteroatoms. The Kier molecular flexibility index (Phi) is 4.18. The lowest BCUT2D eigenvalue weighted by Gasteiger charge is -2.18. The van der Waals surface area contributed by atoms with E-state index in [1.807, 2.05) is 54.6 Å². The fourth-order valence-corrected chi connectivity index (χ4v) is 2.22. The molecule has 0 aromatic heterocycles. The van der Waals surface area contributed by atoms with Crippen molar-refractivity contribution in [3.63, 3.8) is 0 Å². The van der Waals surface area contributed by atoms with Crippen molar-refractivity contribution in [2.24, 2.45) is 0 Å². The maximum absolute atomic E-state index is 11.1. The Morgan fingerprint density at radius 1 is 1.11 bits per heavy atom. The van der Waals surface area contributed by atoms with E-state index in [1.54, 1.807) is 7.11 Å². The van der Waals surface area contributed by atoms with Crippen LogP contribution in [0.3, 0.4) is 0 Å². The van der Waals surface area contributed by atoms with Gasteiger partial charge in [-0.05, 0) is 11.6 Å². The summed E-state index contributed by atoms with van der Waals surface area (Å²) < 4.78 is 5.34. The van der Waals surface area contributed by atoms with Crippen LogP contribution in [0.5, 0.6) is 5.75 Å². The van der Waals surface area contributed by atoms with Crippen molar-refractivity contribution < 1.29 is 14.6 Å². The van der Waals surface area contributed by atoms with Gasteiger partial charge in [0, 0.05) is 11.5 Å². The molecule has 0 bridgehead atoms. The Labute approximate surface area is 112 Å². The first-order chi connectivity index (χ1) is 9.22. The highest BCUT2D eigenvalue weighted by Crippen LogP contribution is 2.34. The SMILES string of the molecule is COc1ccccc1[C@@H](CC(=O)O)c1ccccc1. The van der Waals surface area contributed by atoms with Gasteiger partial charge in [-0.1, -0.05) is 48.5 Å². The zero-order chi connectivity index (χ0) is 13.7. The summed E-state index contributed by atoms with van der Waals surface area (Å²) in [4.78, 5) is 11.1. The lowest BCUT2D eigenvalue weighted by Crippen LogP contribution is -2.09. The summed E-state index contributed by atoms with van der Waals surface area (Å²) in [6, 6.07) is 17.2. The van der Waals surface area contributed by atoms with Crippen molar-refractivity contribution in [1.29, 1.82) is 0 Å². The van der Waals surface area contributed by atoms with Gasteiger partial charge in [0.1, 0.15) is 5.75 Å². The summed E-state index contributed by atoms with van der Waals surface area (Å²) in [5.74, 6) is -0.299. The summed E-state index contributed by atoms with van der Waals surface area (Å²) in [5, 5.41) is 9.13. The molecule has 3 nitrogen and oxygen atoms in total. The number of methoxy groups -OCH3 is 1. The largest absolute Gasteiger partial charge is 0.496 e. The average molecular weight is 256 g/mol. The molecule has 0 aliphatic rings. The van der Waals surface area contributed by atoms with Gasteiger partial charge in [-0.3, -0.25) is 4.79 Å². The second kappa shape index (κ2) is 6.05. The molecule has 98 valence electrons. The minimum Gasteiger partial charge on any atom is -0.496 e. The maximum atomic E-state index is 11.1. The standard InChI is InChI=1S/C16H16O3/c1-19-15-10-6-5-9-13(15)14(11-16(17)18)12-7-3-2-4-8-12/h2-10,14H,11H2,1H3,(H,17,18)/t14-/m0/s1. The van der Waals surface area contributed by atoms with Crippen LogP contribution in [0.15, 0.2) is 54.6 Å². The number of para-hydroxylation sites is 1. The van der Waals surface area contributed by atoms with E-state index >= 15 is 0 Å². The highest BCUT2D eigenvalue weighted by molar-refractivity contribution is 5.69. The number of ether oxygens (including phenoxy) is 1. The first-order valence-electron chi connectivity index (χ1n) is 6.12. The Morgan fingerprint density at radius 3 is 2.37 bits per heavy atom. The molecule has 1 atom stereocenters. The molecule has 2 aromatic carbocycles. The number of carboxylic acid groups (broad SMARTS) is 1. The minimum absolute atomic E-state index is 0.0460. The van der Waals surface area contributed by atoms with Gasteiger partial charge in [0.25, 0.3) is 0 Å². The lowest BCUT2D eigenvalue weighted by molar-refractivity contribution is -0.137. The van der Waals surface area contributed by atoms with Crippen LogP contribution < -0.4 is 4.74 Å². The molecule has 2 aromatic rings. The summed E-state index contributed by atoms with van der Waals surface area (Å²) in [5.41, 5.74) is 1.88. The Morgan fingerprint density at radius 2 is 1.74 bits per heavy atom. The molecule has 0 heterocycles. The number of rotatable bonds is 5. The van der Waals surface area contributed by atoms with Gasteiger partial charge in [0.2, 0.25) is 0 Å². The molecule has 0 aliphatic heterocycles. The number of aliphatic carboxylic acids is 1. The van der Waals surface area contributed by atoms with Crippen LogP contribution >= 0.6 is 0 Å². The van der Waals surface area contributed by atoms with E-state index in [2.05, 4.69) is 0 Å². The third kappa shape index (κ3) is 3.13. The van der Waals surface area contributed by atoms with Gasteiger partial charge in [0.15, 0.2) is 0 Å². The second-order valence-electron chi connectivity index (χ2n) is 4.30. The summed E-state index contributed by atoms with van der Waals surface area (Å²) >= 11 is 0. The number of benzene rings is 2. The molecule has 0 saturated heterocycles. The molecule has 0 fully saturated rings. The Balaban J connectivity index is 2.46. The van der Waals surface area contributed by atoms with Crippen LogP contribution in [0.1, 0.15) is 23.5 Å². The number of carbonyl (C=O) groups is 1. The topological polar surface area (TPSA) is 46.5 Å². The molecule has 0 unspecified atom stereocenters. The van der Waals surface area contributed by atoms with Crippen molar-refractivity contribution in [2.75, 3.05) is 7.11 Å². The Bertz CT molecular complexity index is 549. The smallest absolute Gasteiger partial charge is 0.304 e. The third-order valence-corrected chi connectivity index (χ3v) is 3.10. The van der Waals surface area contributed by atoms with E-state index in [4.69, 9.17) is 9.84 Å². The average Bonchev–Trinajstić information content (AvgIpc) is 2.45. The lowest BCUT2D eigenvalue weighted by atomic mass is 9.88. The summed E-state index contributed by atoms with van der Waals surface area (Å²) in [7, 11) is 1.60. The molecular formula is C16H16O3. The van der Waals surface area contributed by atoms with Crippen LogP contribution in [-0.4, -0.2) is 18.2 Å². The van der Waals surface area contributed by atoms with Crippen molar-refractivity contribution >= 4 is 5.97 Å². The molecule has 0 spiro atoms. The predicted octanol–water partition coefficient (Wildman–Crippen LogP) is 3.30. The molecule has 1 N–H and O–H groups in total. The van der Waals surface area contributed by atoms with E-state index in [9.17, 15) is 4.79 Å². The monoisotopic (exact) mass is 256 g/mol. The highest BCUT2D eigenvalue weighted by Gasteiger charge is 2.20. The van der Waals surface area contributed by atoms with E-state index in [0.29, 0.717) is 0 Å². The van der Waals surface area contributed by atoms with Gasteiger partial charge in [-0.2, -0.15) is 0 Å². The first-order valence-corrected chi connectivity index (χ1v) is 6.12. The molecule has 19 heavy (non-hydrogen) atoms. The Hall–Kier alpha value is -2.29. The van der Waals surface area contributed by atoms with Gasteiger partial charge in [0.05, 0.1) is 13.5 Å². The van der Waals surface area contributed by atoms with E-state index in [0.717, 1.165) is 16.9 Å². The van der Waals surface area contributed by atoms with Crippen molar-refractivity contribution in [3.05, 3.63) is 65.7 Å². The fourth-order valence-electron chi connectivity index (χ4n) is 2.22. The molecular weight excluding hydrogens is 240 g/mol. The number of hydrogen-bond donors (Lipinski definition) is 1. The number of hydrogen-bond acceptors (Lipinski definition) is 2. The first kappa shape index (κ1) is 13.1. The maximum Gasteiger partial charge on any atom is 0.304 e. The van der Waals surface area contributed by atoms with Crippen LogP contribution in [0.2, 0.25) is 0 Å². The quantitative estimate of drug-likeness (QED) is 0.892. The molecule has 0 saturated carbocycles. The van der Waals surface area contributed by atoms with Gasteiger partial charge in [-0.25, -0.2) is 0 Å². The van der Waals surface area contributed by atoms with Crippen molar-refractivity contribution in [1.82, 2.24) is 0 Å².